The Kier molecular flexibility index (Phi) is 5.84. The molecule has 0 aromatic carbocycles. The van der Waals surface area contributed by atoms with Crippen molar-refractivity contribution in [3.05, 3.63) is 41.2 Å². The van der Waals surface area contributed by atoms with Crippen LogP contribution in [0.2, 0.25) is 0 Å². The van der Waals surface area contributed by atoms with Gasteiger partial charge in [-0.25, -0.2) is 5.48 Å². The van der Waals surface area contributed by atoms with E-state index in [0.29, 0.717) is 18.7 Å². The SMILES string of the molecule is C=C(CCNC(C)=O)CN1CCc2ncc(C(=O)NO)cc2C1. The van der Waals surface area contributed by atoms with Gasteiger partial charge in [0.1, 0.15) is 0 Å². The highest BCUT2D eigenvalue weighted by Crippen LogP contribution is 2.19. The van der Waals surface area contributed by atoms with Crippen LogP contribution in [0.5, 0.6) is 0 Å². The molecular weight excluding hydrogens is 296 g/mol. The van der Waals surface area contributed by atoms with Crippen LogP contribution in [-0.2, 0) is 17.8 Å². The molecule has 0 saturated carbocycles. The average molecular weight is 318 g/mol. The van der Waals surface area contributed by atoms with E-state index in [0.717, 1.165) is 42.8 Å². The first-order valence-corrected chi connectivity index (χ1v) is 7.55. The molecule has 7 heteroatoms. The van der Waals surface area contributed by atoms with Crippen molar-refractivity contribution in [2.45, 2.75) is 26.3 Å². The number of hydrogen-bond donors (Lipinski definition) is 3. The zero-order chi connectivity index (χ0) is 16.8. The van der Waals surface area contributed by atoms with E-state index in [1.54, 1.807) is 11.5 Å². The molecule has 0 atom stereocenters. The first-order valence-electron chi connectivity index (χ1n) is 7.55. The number of hydroxylamine groups is 1. The molecule has 2 heterocycles. The number of fused-ring (bicyclic) bond motifs is 1. The van der Waals surface area contributed by atoms with Crippen LogP contribution in [0.4, 0.5) is 0 Å². The zero-order valence-corrected chi connectivity index (χ0v) is 13.3. The van der Waals surface area contributed by atoms with Gasteiger partial charge >= 0.3 is 0 Å². The first kappa shape index (κ1) is 17.1. The number of amides is 2. The second-order valence-electron chi connectivity index (χ2n) is 5.71. The van der Waals surface area contributed by atoms with E-state index < -0.39 is 5.91 Å². The van der Waals surface area contributed by atoms with Crippen LogP contribution in [0, 0.1) is 0 Å². The third-order valence-corrected chi connectivity index (χ3v) is 3.78. The van der Waals surface area contributed by atoms with Gasteiger partial charge in [0.05, 0.1) is 5.56 Å². The van der Waals surface area contributed by atoms with Gasteiger partial charge in [0.2, 0.25) is 5.91 Å². The summed E-state index contributed by atoms with van der Waals surface area (Å²) in [5.74, 6) is -0.595. The smallest absolute Gasteiger partial charge is 0.276 e. The molecule has 0 spiro atoms. The normalized spacial score (nSPS) is 14.0. The summed E-state index contributed by atoms with van der Waals surface area (Å²) in [6.07, 6.45) is 3.04. The number of carbonyl (C=O) groups is 2. The van der Waals surface area contributed by atoms with Crippen LogP contribution in [0.1, 0.15) is 35.0 Å². The lowest BCUT2D eigenvalue weighted by Gasteiger charge is -2.29. The van der Waals surface area contributed by atoms with E-state index >= 15 is 0 Å². The molecule has 1 aliphatic heterocycles. The number of hydrogen-bond acceptors (Lipinski definition) is 5. The van der Waals surface area contributed by atoms with Gasteiger partial charge < -0.3 is 5.32 Å². The Morgan fingerprint density at radius 2 is 2.26 bits per heavy atom. The minimum absolute atomic E-state index is 0.0366. The van der Waals surface area contributed by atoms with Crippen LogP contribution in [0.3, 0.4) is 0 Å². The number of rotatable bonds is 6. The van der Waals surface area contributed by atoms with Gasteiger partial charge in [-0.15, -0.1) is 0 Å². The number of nitrogens with zero attached hydrogens (tertiary/aromatic N) is 2. The quantitative estimate of drug-likeness (QED) is 0.406. The van der Waals surface area contributed by atoms with E-state index in [9.17, 15) is 9.59 Å². The number of nitrogens with one attached hydrogen (secondary N) is 2. The average Bonchev–Trinajstić information content (AvgIpc) is 2.53. The third-order valence-electron chi connectivity index (χ3n) is 3.78. The van der Waals surface area contributed by atoms with Gasteiger partial charge in [0.25, 0.3) is 5.91 Å². The van der Waals surface area contributed by atoms with Gasteiger partial charge in [-0.2, -0.15) is 0 Å². The summed E-state index contributed by atoms with van der Waals surface area (Å²) in [6.45, 7) is 8.46. The molecule has 0 radical (unpaired) electrons. The largest absolute Gasteiger partial charge is 0.356 e. The number of aromatic nitrogens is 1. The van der Waals surface area contributed by atoms with Crippen molar-refractivity contribution in [1.82, 2.24) is 20.7 Å². The molecule has 0 aliphatic carbocycles. The molecule has 1 aromatic heterocycles. The summed E-state index contributed by atoms with van der Waals surface area (Å²) in [4.78, 5) is 28.9. The summed E-state index contributed by atoms with van der Waals surface area (Å²) in [5.41, 5.74) is 5.00. The molecule has 2 amide bonds. The molecule has 0 saturated heterocycles. The topological polar surface area (TPSA) is 94.6 Å². The lowest BCUT2D eigenvalue weighted by atomic mass is 10.0. The second-order valence-corrected chi connectivity index (χ2v) is 5.71. The van der Waals surface area contributed by atoms with Crippen LogP contribution in [-0.4, -0.2) is 46.5 Å². The molecular formula is C16H22N4O3. The fourth-order valence-electron chi connectivity index (χ4n) is 2.62. The van der Waals surface area contributed by atoms with Gasteiger partial charge in [0.15, 0.2) is 0 Å². The Hall–Kier alpha value is -2.25. The third kappa shape index (κ3) is 4.87. The van der Waals surface area contributed by atoms with Crippen molar-refractivity contribution in [2.75, 3.05) is 19.6 Å². The summed E-state index contributed by atoms with van der Waals surface area (Å²) >= 11 is 0. The van der Waals surface area contributed by atoms with E-state index in [2.05, 4.69) is 21.8 Å². The molecule has 1 aromatic rings. The van der Waals surface area contributed by atoms with Gasteiger partial charge in [-0.3, -0.25) is 24.7 Å². The summed E-state index contributed by atoms with van der Waals surface area (Å²) in [7, 11) is 0. The maximum Gasteiger partial charge on any atom is 0.276 e. The maximum absolute atomic E-state index is 11.5. The Balaban J connectivity index is 1.92. The molecule has 2 rings (SSSR count). The number of carbonyl (C=O) groups excluding carboxylic acids is 2. The minimum Gasteiger partial charge on any atom is -0.356 e. The van der Waals surface area contributed by atoms with Crippen molar-refractivity contribution in [2.24, 2.45) is 0 Å². The van der Waals surface area contributed by atoms with E-state index in [1.807, 2.05) is 0 Å². The predicted octanol–water partition coefficient (Wildman–Crippen LogP) is 0.641. The van der Waals surface area contributed by atoms with Crippen molar-refractivity contribution >= 4 is 11.8 Å². The molecule has 7 nitrogen and oxygen atoms in total. The lowest BCUT2D eigenvalue weighted by Crippen LogP contribution is -2.33. The van der Waals surface area contributed by atoms with E-state index in [4.69, 9.17) is 5.21 Å². The van der Waals surface area contributed by atoms with Crippen molar-refractivity contribution in [3.63, 3.8) is 0 Å². The molecule has 124 valence electrons. The summed E-state index contributed by atoms with van der Waals surface area (Å²) in [5, 5.41) is 11.5. The fourth-order valence-corrected chi connectivity index (χ4v) is 2.62. The molecule has 0 fully saturated rings. The molecule has 0 bridgehead atoms. The highest BCUT2D eigenvalue weighted by atomic mass is 16.5. The Bertz CT molecular complexity index is 615. The van der Waals surface area contributed by atoms with Crippen molar-refractivity contribution in [1.29, 1.82) is 0 Å². The molecule has 1 aliphatic rings. The monoisotopic (exact) mass is 318 g/mol. The second kappa shape index (κ2) is 7.85. The van der Waals surface area contributed by atoms with Crippen LogP contribution in [0.25, 0.3) is 0 Å². The summed E-state index contributed by atoms with van der Waals surface area (Å²) in [6, 6.07) is 1.76. The summed E-state index contributed by atoms with van der Waals surface area (Å²) < 4.78 is 0. The van der Waals surface area contributed by atoms with Crippen molar-refractivity contribution in [3.8, 4) is 0 Å². The van der Waals surface area contributed by atoms with E-state index in [-0.39, 0.29) is 5.91 Å². The lowest BCUT2D eigenvalue weighted by molar-refractivity contribution is -0.118. The molecule has 3 N–H and O–H groups in total. The standard InChI is InChI=1S/C16H22N4O3/c1-11(3-5-17-12(2)21)9-20-6-4-15-14(10-20)7-13(8-18-15)16(22)19-23/h7-8,23H,1,3-6,9-10H2,2H3,(H,17,21)(H,19,22). The van der Waals surface area contributed by atoms with Crippen LogP contribution in [0.15, 0.2) is 24.4 Å². The minimum atomic E-state index is -0.558. The van der Waals surface area contributed by atoms with E-state index in [1.165, 1.54) is 13.1 Å². The molecule has 0 unspecified atom stereocenters. The number of pyridine rings is 1. The van der Waals surface area contributed by atoms with Gasteiger partial charge in [0, 0.05) is 51.4 Å². The van der Waals surface area contributed by atoms with Gasteiger partial charge in [-0.05, 0) is 18.1 Å². The fraction of sp³-hybridized carbons (Fsp3) is 0.438. The Morgan fingerprint density at radius 3 is 2.96 bits per heavy atom. The van der Waals surface area contributed by atoms with Gasteiger partial charge in [-0.1, -0.05) is 12.2 Å². The van der Waals surface area contributed by atoms with Crippen LogP contribution >= 0.6 is 0 Å². The first-order chi connectivity index (χ1) is 11.0. The van der Waals surface area contributed by atoms with Crippen molar-refractivity contribution < 1.29 is 14.8 Å². The maximum atomic E-state index is 11.5. The highest BCUT2D eigenvalue weighted by molar-refractivity contribution is 5.93. The Morgan fingerprint density at radius 1 is 1.48 bits per heavy atom. The highest BCUT2D eigenvalue weighted by Gasteiger charge is 2.19. The zero-order valence-electron chi connectivity index (χ0n) is 13.3. The Labute approximate surface area is 135 Å². The van der Waals surface area contributed by atoms with Crippen LogP contribution < -0.4 is 10.8 Å². The predicted molar refractivity (Wildman–Crippen MR) is 84.9 cm³/mol. The molecule has 23 heavy (non-hydrogen) atoms.